The van der Waals surface area contributed by atoms with Crippen molar-refractivity contribution in [3.05, 3.63) is 29.8 Å². The molecule has 0 saturated carbocycles. The minimum Gasteiger partial charge on any atom is -0.295 e. The molecule has 0 aliphatic carbocycles. The topological polar surface area (TPSA) is 63.2 Å². The largest absolute Gasteiger partial charge is 0.389 e. The summed E-state index contributed by atoms with van der Waals surface area (Å²) in [5.74, 6) is -0.202. The lowest BCUT2D eigenvalue weighted by molar-refractivity contribution is -0.135. The van der Waals surface area contributed by atoms with Crippen LogP contribution < -0.4 is 4.72 Å². The molecule has 0 aliphatic heterocycles. The molecular formula is C12H14F3NO3S. The Hall–Kier alpha value is -1.41. The number of ketones is 1. The van der Waals surface area contributed by atoms with Crippen LogP contribution in [0.5, 0.6) is 0 Å². The predicted octanol–water partition coefficient (Wildman–Crippen LogP) is 2.51. The molecule has 1 aromatic carbocycles. The van der Waals surface area contributed by atoms with Crippen molar-refractivity contribution in [2.45, 2.75) is 30.8 Å². The number of alkyl halides is 3. The van der Waals surface area contributed by atoms with Crippen LogP contribution >= 0.6 is 0 Å². The zero-order chi connectivity index (χ0) is 15.4. The fourth-order valence-corrected chi connectivity index (χ4v) is 2.52. The second-order valence-corrected chi connectivity index (χ2v) is 5.96. The summed E-state index contributed by atoms with van der Waals surface area (Å²) in [6, 6.07) is 5.19. The maximum absolute atomic E-state index is 11.9. The summed E-state index contributed by atoms with van der Waals surface area (Å²) in [6.07, 6.45) is -5.67. The van der Waals surface area contributed by atoms with Gasteiger partial charge in [-0.05, 0) is 25.5 Å². The summed E-state index contributed by atoms with van der Waals surface area (Å²) in [5.41, 5.74) is 0.362. The fourth-order valence-electron chi connectivity index (χ4n) is 1.45. The normalized spacial score (nSPS) is 12.4. The van der Waals surface area contributed by atoms with Crippen molar-refractivity contribution in [2.75, 3.05) is 6.54 Å². The molecule has 20 heavy (non-hydrogen) atoms. The van der Waals surface area contributed by atoms with Crippen LogP contribution in [0.25, 0.3) is 0 Å². The Morgan fingerprint density at radius 1 is 1.20 bits per heavy atom. The lowest BCUT2D eigenvalue weighted by Crippen LogP contribution is -2.25. The molecule has 0 unspecified atom stereocenters. The van der Waals surface area contributed by atoms with Gasteiger partial charge in [0.25, 0.3) is 0 Å². The molecule has 112 valence electrons. The Labute approximate surface area is 115 Å². The number of Topliss-reactive ketones (excluding diaryl/α,β-unsaturated/α-hetero) is 1. The van der Waals surface area contributed by atoms with Gasteiger partial charge in [0.05, 0.1) is 4.90 Å². The molecule has 1 rings (SSSR count). The predicted molar refractivity (Wildman–Crippen MR) is 66.9 cm³/mol. The van der Waals surface area contributed by atoms with E-state index in [4.69, 9.17) is 0 Å². The summed E-state index contributed by atoms with van der Waals surface area (Å²) >= 11 is 0. The van der Waals surface area contributed by atoms with Gasteiger partial charge >= 0.3 is 6.18 Å². The van der Waals surface area contributed by atoms with Crippen LogP contribution in [0.1, 0.15) is 30.1 Å². The summed E-state index contributed by atoms with van der Waals surface area (Å²) in [5, 5.41) is 0. The first-order valence-corrected chi connectivity index (χ1v) is 7.27. The van der Waals surface area contributed by atoms with E-state index in [1.54, 1.807) is 0 Å². The highest BCUT2D eigenvalue weighted by atomic mass is 32.2. The Balaban J connectivity index is 2.62. The van der Waals surface area contributed by atoms with Gasteiger partial charge in [0, 0.05) is 18.5 Å². The standard InChI is InChI=1S/C12H14F3NO3S/c1-9(17)10-3-5-11(6-4-10)20(18,19)16-8-2-7-12(13,14)15/h3-6,16H,2,7-8H2,1H3. The van der Waals surface area contributed by atoms with Gasteiger partial charge in [0.1, 0.15) is 0 Å². The van der Waals surface area contributed by atoms with E-state index >= 15 is 0 Å². The van der Waals surface area contributed by atoms with Crippen molar-refractivity contribution >= 4 is 15.8 Å². The van der Waals surface area contributed by atoms with Crippen LogP contribution in [0, 0.1) is 0 Å². The molecule has 0 radical (unpaired) electrons. The van der Waals surface area contributed by atoms with E-state index in [9.17, 15) is 26.4 Å². The van der Waals surface area contributed by atoms with Crippen LogP contribution in [-0.2, 0) is 10.0 Å². The quantitative estimate of drug-likeness (QED) is 0.649. The van der Waals surface area contributed by atoms with Crippen molar-refractivity contribution in [3.8, 4) is 0 Å². The van der Waals surface area contributed by atoms with E-state index in [2.05, 4.69) is 4.72 Å². The Morgan fingerprint density at radius 3 is 2.20 bits per heavy atom. The van der Waals surface area contributed by atoms with E-state index in [1.807, 2.05) is 0 Å². The maximum Gasteiger partial charge on any atom is 0.389 e. The monoisotopic (exact) mass is 309 g/mol. The van der Waals surface area contributed by atoms with Gasteiger partial charge < -0.3 is 0 Å². The third kappa shape index (κ3) is 5.30. The van der Waals surface area contributed by atoms with Crippen molar-refractivity contribution in [1.29, 1.82) is 0 Å². The molecule has 0 aromatic heterocycles. The highest BCUT2D eigenvalue weighted by Crippen LogP contribution is 2.21. The van der Waals surface area contributed by atoms with E-state index < -0.39 is 22.6 Å². The number of benzene rings is 1. The molecule has 0 saturated heterocycles. The van der Waals surface area contributed by atoms with Crippen molar-refractivity contribution in [3.63, 3.8) is 0 Å². The molecule has 0 spiro atoms. The maximum atomic E-state index is 11.9. The average molecular weight is 309 g/mol. The lowest BCUT2D eigenvalue weighted by Gasteiger charge is -2.08. The molecule has 0 heterocycles. The second-order valence-electron chi connectivity index (χ2n) is 4.20. The van der Waals surface area contributed by atoms with Gasteiger partial charge in [-0.3, -0.25) is 4.79 Å². The lowest BCUT2D eigenvalue weighted by atomic mass is 10.2. The smallest absolute Gasteiger partial charge is 0.295 e. The van der Waals surface area contributed by atoms with E-state index in [-0.39, 0.29) is 23.6 Å². The third-order valence-corrected chi connectivity index (χ3v) is 3.98. The summed E-state index contributed by atoms with van der Waals surface area (Å²) < 4.78 is 61.3. The minimum atomic E-state index is -4.30. The summed E-state index contributed by atoms with van der Waals surface area (Å²) in [4.78, 5) is 11.0. The molecule has 0 fully saturated rings. The van der Waals surface area contributed by atoms with E-state index in [0.717, 1.165) is 0 Å². The number of carbonyl (C=O) groups excluding carboxylic acids is 1. The molecule has 4 nitrogen and oxygen atoms in total. The number of halogens is 3. The van der Waals surface area contributed by atoms with Crippen LogP contribution in [0.4, 0.5) is 13.2 Å². The number of hydrogen-bond acceptors (Lipinski definition) is 3. The van der Waals surface area contributed by atoms with E-state index in [1.165, 1.54) is 31.2 Å². The molecule has 0 amide bonds. The van der Waals surface area contributed by atoms with Gasteiger partial charge in [-0.15, -0.1) is 0 Å². The van der Waals surface area contributed by atoms with E-state index in [0.29, 0.717) is 5.56 Å². The van der Waals surface area contributed by atoms with Crippen molar-refractivity contribution in [1.82, 2.24) is 4.72 Å². The molecule has 1 aromatic rings. The van der Waals surface area contributed by atoms with Crippen LogP contribution in [0.3, 0.4) is 0 Å². The average Bonchev–Trinajstić information content (AvgIpc) is 2.34. The molecule has 0 bridgehead atoms. The van der Waals surface area contributed by atoms with Gasteiger partial charge in [0.2, 0.25) is 10.0 Å². The first-order chi connectivity index (χ1) is 9.12. The van der Waals surface area contributed by atoms with Gasteiger partial charge in [-0.25, -0.2) is 13.1 Å². The fraction of sp³-hybridized carbons (Fsp3) is 0.417. The Kier molecular flexibility index (Phi) is 5.29. The highest BCUT2D eigenvalue weighted by molar-refractivity contribution is 7.89. The number of rotatable bonds is 6. The minimum absolute atomic E-state index is 0.0884. The zero-order valence-corrected chi connectivity index (χ0v) is 11.5. The van der Waals surface area contributed by atoms with Crippen molar-refractivity contribution in [2.24, 2.45) is 0 Å². The Morgan fingerprint density at radius 2 is 1.75 bits per heavy atom. The van der Waals surface area contributed by atoms with Crippen molar-refractivity contribution < 1.29 is 26.4 Å². The summed E-state index contributed by atoms with van der Waals surface area (Å²) in [7, 11) is -3.85. The summed E-state index contributed by atoms with van der Waals surface area (Å²) in [6.45, 7) is 1.05. The van der Waals surface area contributed by atoms with Crippen LogP contribution in [-0.4, -0.2) is 26.9 Å². The SMILES string of the molecule is CC(=O)c1ccc(S(=O)(=O)NCCCC(F)(F)F)cc1. The number of nitrogens with one attached hydrogen (secondary N) is 1. The first-order valence-electron chi connectivity index (χ1n) is 5.79. The zero-order valence-electron chi connectivity index (χ0n) is 10.7. The number of carbonyl (C=O) groups is 1. The molecule has 0 atom stereocenters. The number of hydrogen-bond donors (Lipinski definition) is 1. The molecule has 0 aliphatic rings. The first kappa shape index (κ1) is 16.6. The number of sulfonamides is 1. The van der Waals surface area contributed by atoms with Gasteiger partial charge in [0.15, 0.2) is 5.78 Å². The second kappa shape index (κ2) is 6.36. The van der Waals surface area contributed by atoms with Crippen LogP contribution in [0.2, 0.25) is 0 Å². The third-order valence-electron chi connectivity index (χ3n) is 2.50. The molecular weight excluding hydrogens is 295 g/mol. The van der Waals surface area contributed by atoms with Gasteiger partial charge in [-0.1, -0.05) is 12.1 Å². The highest BCUT2D eigenvalue weighted by Gasteiger charge is 2.26. The Bertz CT molecular complexity index is 565. The molecule has 8 heteroatoms. The van der Waals surface area contributed by atoms with Crippen LogP contribution in [0.15, 0.2) is 29.2 Å². The molecule has 1 N–H and O–H groups in total. The van der Waals surface area contributed by atoms with Gasteiger partial charge in [-0.2, -0.15) is 13.2 Å².